The molecule has 3 aromatic rings. The Labute approximate surface area is 181 Å². The van der Waals surface area contributed by atoms with E-state index in [1.54, 1.807) is 25.2 Å². The van der Waals surface area contributed by atoms with Gasteiger partial charge in [-0.25, -0.2) is 0 Å². The molecule has 1 heterocycles. The maximum atomic E-state index is 13.4. The van der Waals surface area contributed by atoms with Gasteiger partial charge in [0.05, 0.1) is 10.9 Å². The van der Waals surface area contributed by atoms with E-state index in [0.29, 0.717) is 34.3 Å². The third-order valence-corrected chi connectivity index (χ3v) is 5.81. The number of benzene rings is 2. The van der Waals surface area contributed by atoms with Crippen LogP contribution in [0.5, 0.6) is 0 Å². The van der Waals surface area contributed by atoms with Gasteiger partial charge >= 0.3 is 0 Å². The van der Waals surface area contributed by atoms with Gasteiger partial charge in [-0.2, -0.15) is 0 Å². The number of fused-ring (bicyclic) bond motifs is 1. The van der Waals surface area contributed by atoms with Crippen LogP contribution in [-0.2, 0) is 13.6 Å². The van der Waals surface area contributed by atoms with Crippen LogP contribution in [0.15, 0.2) is 53.3 Å². The van der Waals surface area contributed by atoms with Crippen LogP contribution in [0.4, 0.5) is 0 Å². The molecule has 0 aliphatic carbocycles. The number of carbonyl (C=O) groups excluding carboxylic acids is 1. The summed E-state index contributed by atoms with van der Waals surface area (Å²) in [6.07, 6.45) is 0. The largest absolute Gasteiger partial charge is 0.333 e. The minimum absolute atomic E-state index is 0.0621. The lowest BCUT2D eigenvalue weighted by atomic mass is 10.1. The van der Waals surface area contributed by atoms with Gasteiger partial charge in [-0.05, 0) is 49.1 Å². The highest BCUT2D eigenvalue weighted by molar-refractivity contribution is 7.71. The molecule has 1 aromatic heterocycles. The topological polar surface area (TPSA) is 61.3 Å². The van der Waals surface area contributed by atoms with Crippen molar-refractivity contribution in [2.75, 3.05) is 26.2 Å². The summed E-state index contributed by atoms with van der Waals surface area (Å²) in [5, 5.41) is 0.514. The smallest absolute Gasteiger partial charge is 0.261 e. The Morgan fingerprint density at radius 3 is 2.43 bits per heavy atom. The molecule has 0 bridgehead atoms. The van der Waals surface area contributed by atoms with E-state index >= 15 is 0 Å². The van der Waals surface area contributed by atoms with E-state index < -0.39 is 0 Å². The van der Waals surface area contributed by atoms with Gasteiger partial charge in [-0.1, -0.05) is 44.2 Å². The number of carbonyl (C=O) groups is 1. The van der Waals surface area contributed by atoms with Crippen LogP contribution in [-0.4, -0.2) is 51.4 Å². The van der Waals surface area contributed by atoms with E-state index in [1.807, 2.05) is 35.2 Å². The second kappa shape index (κ2) is 9.82. The molecule has 1 amide bonds. The first kappa shape index (κ1) is 21.9. The number of nitrogens with zero attached hydrogens (tertiary/aromatic N) is 3. The lowest BCUT2D eigenvalue weighted by Crippen LogP contribution is -2.38. The van der Waals surface area contributed by atoms with Gasteiger partial charge in [0, 0.05) is 32.2 Å². The highest BCUT2D eigenvalue weighted by Crippen LogP contribution is 2.15. The predicted molar refractivity (Wildman–Crippen MR) is 123 cm³/mol. The average Bonchev–Trinajstić information content (AvgIpc) is 2.77. The summed E-state index contributed by atoms with van der Waals surface area (Å²) in [5.41, 5.74) is 2.03. The van der Waals surface area contributed by atoms with Crippen LogP contribution in [0.3, 0.4) is 0 Å². The fraction of sp³-hybridized carbons (Fsp3) is 0.348. The molecule has 0 saturated heterocycles. The highest BCUT2D eigenvalue weighted by atomic mass is 32.1. The summed E-state index contributed by atoms with van der Waals surface area (Å²) in [6, 6.07) is 15.1. The second-order valence-electron chi connectivity index (χ2n) is 7.29. The van der Waals surface area contributed by atoms with E-state index in [9.17, 15) is 9.59 Å². The third-order valence-electron chi connectivity index (χ3n) is 5.43. The molecule has 1 N–H and O–H groups in total. The first-order chi connectivity index (χ1) is 14.4. The zero-order valence-corrected chi connectivity index (χ0v) is 18.5. The SMILES string of the molecule is CCN(CC)CCN(Cc1ccccc1)C(=O)c1ccc2c(=O)n(C)c(=S)[nH]c2c1. The minimum Gasteiger partial charge on any atom is -0.333 e. The maximum Gasteiger partial charge on any atom is 0.261 e. The summed E-state index contributed by atoms with van der Waals surface area (Å²) in [6.45, 7) is 8.10. The Morgan fingerprint density at radius 1 is 1.07 bits per heavy atom. The van der Waals surface area contributed by atoms with E-state index in [2.05, 4.69) is 23.7 Å². The predicted octanol–water partition coefficient (Wildman–Crippen LogP) is 3.58. The monoisotopic (exact) mass is 424 g/mol. The van der Waals surface area contributed by atoms with E-state index in [0.717, 1.165) is 25.2 Å². The maximum absolute atomic E-state index is 13.4. The minimum atomic E-state index is -0.171. The third kappa shape index (κ3) is 4.86. The van der Waals surface area contributed by atoms with E-state index in [-0.39, 0.29) is 11.5 Å². The van der Waals surface area contributed by atoms with Crippen molar-refractivity contribution in [1.29, 1.82) is 0 Å². The first-order valence-electron chi connectivity index (χ1n) is 10.2. The van der Waals surface area contributed by atoms with Gasteiger partial charge in [-0.3, -0.25) is 14.2 Å². The summed E-state index contributed by atoms with van der Waals surface area (Å²) in [5.74, 6) is -0.0621. The molecule has 0 fully saturated rings. The quantitative estimate of drug-likeness (QED) is 0.562. The highest BCUT2D eigenvalue weighted by Gasteiger charge is 2.18. The fourth-order valence-electron chi connectivity index (χ4n) is 3.48. The number of nitrogens with one attached hydrogen (secondary N) is 1. The molecule has 6 nitrogen and oxygen atoms in total. The molecule has 0 radical (unpaired) electrons. The zero-order chi connectivity index (χ0) is 21.7. The number of hydrogen-bond acceptors (Lipinski definition) is 4. The summed E-state index contributed by atoms with van der Waals surface area (Å²) >= 11 is 5.22. The van der Waals surface area contributed by atoms with Crippen molar-refractivity contribution in [3.8, 4) is 0 Å². The number of likely N-dealkylation sites (N-methyl/N-ethyl adjacent to an activating group) is 1. The molecule has 2 aromatic carbocycles. The number of hydrogen-bond donors (Lipinski definition) is 1. The molecule has 30 heavy (non-hydrogen) atoms. The van der Waals surface area contributed by atoms with Gasteiger partial charge in [-0.15, -0.1) is 0 Å². The van der Waals surface area contributed by atoms with Crippen molar-refractivity contribution in [2.24, 2.45) is 7.05 Å². The molecule has 0 aliphatic rings. The molecule has 0 atom stereocenters. The standard InChI is InChI=1S/C23H28N4O2S/c1-4-26(5-2)13-14-27(16-17-9-7-6-8-10-17)21(28)18-11-12-19-20(15-18)24-23(30)25(3)22(19)29/h6-12,15H,4-5,13-14,16H2,1-3H3,(H,24,30). The van der Waals surface area contributed by atoms with Gasteiger partial charge < -0.3 is 14.8 Å². The Kier molecular flexibility index (Phi) is 7.18. The van der Waals surface area contributed by atoms with Gasteiger partial charge in [0.2, 0.25) is 0 Å². The molecule has 158 valence electrons. The Morgan fingerprint density at radius 2 is 1.77 bits per heavy atom. The van der Waals surface area contributed by atoms with Crippen molar-refractivity contribution < 1.29 is 4.79 Å². The Hall–Kier alpha value is -2.77. The van der Waals surface area contributed by atoms with Crippen LogP contribution < -0.4 is 5.56 Å². The second-order valence-corrected chi connectivity index (χ2v) is 7.68. The number of rotatable bonds is 8. The van der Waals surface area contributed by atoms with Crippen LogP contribution >= 0.6 is 12.2 Å². The first-order valence-corrected chi connectivity index (χ1v) is 10.6. The molecule has 7 heteroatoms. The molecular weight excluding hydrogens is 396 g/mol. The Bertz CT molecular complexity index is 1130. The van der Waals surface area contributed by atoms with Gasteiger partial charge in [0.25, 0.3) is 11.5 Å². The summed E-state index contributed by atoms with van der Waals surface area (Å²) < 4.78 is 1.73. The van der Waals surface area contributed by atoms with Crippen molar-refractivity contribution in [3.63, 3.8) is 0 Å². The van der Waals surface area contributed by atoms with Gasteiger partial charge in [0.1, 0.15) is 0 Å². The van der Waals surface area contributed by atoms with Gasteiger partial charge in [0.15, 0.2) is 4.77 Å². The van der Waals surface area contributed by atoms with Crippen LogP contribution in [0.1, 0.15) is 29.8 Å². The van der Waals surface area contributed by atoms with Crippen LogP contribution in [0, 0.1) is 4.77 Å². The Balaban J connectivity index is 1.93. The van der Waals surface area contributed by atoms with E-state index in [4.69, 9.17) is 12.2 Å². The lowest BCUT2D eigenvalue weighted by Gasteiger charge is -2.27. The van der Waals surface area contributed by atoms with E-state index in [1.165, 1.54) is 4.57 Å². The zero-order valence-electron chi connectivity index (χ0n) is 17.7. The lowest BCUT2D eigenvalue weighted by molar-refractivity contribution is 0.0724. The van der Waals surface area contributed by atoms with Crippen molar-refractivity contribution >= 4 is 29.0 Å². The number of aromatic amines is 1. The van der Waals surface area contributed by atoms with Crippen molar-refractivity contribution in [1.82, 2.24) is 19.4 Å². The van der Waals surface area contributed by atoms with Crippen molar-refractivity contribution in [2.45, 2.75) is 20.4 Å². The molecule has 0 unspecified atom stereocenters. The number of H-pyrrole nitrogens is 1. The molecular formula is C23H28N4O2S. The fourth-order valence-corrected chi connectivity index (χ4v) is 3.67. The molecule has 0 spiro atoms. The molecule has 0 aliphatic heterocycles. The number of amides is 1. The normalized spacial score (nSPS) is 11.2. The molecule has 3 rings (SSSR count). The summed E-state index contributed by atoms with van der Waals surface area (Å²) in [4.78, 5) is 33.0. The number of aromatic nitrogens is 2. The van der Waals surface area contributed by atoms with Crippen molar-refractivity contribution in [3.05, 3.63) is 74.8 Å². The average molecular weight is 425 g/mol. The van der Waals surface area contributed by atoms with Crippen LogP contribution in [0.25, 0.3) is 10.9 Å². The summed E-state index contributed by atoms with van der Waals surface area (Å²) in [7, 11) is 1.63. The van der Waals surface area contributed by atoms with Crippen LogP contribution in [0.2, 0.25) is 0 Å². The molecule has 0 saturated carbocycles.